The SMILES string of the molecule is C=CN(Cc1ccc(F)cc1)S(C)(=O)=O. The fraction of sp³-hybridized carbons (Fsp3) is 0.200. The van der Waals surface area contributed by atoms with Gasteiger partial charge in [-0.1, -0.05) is 18.7 Å². The van der Waals surface area contributed by atoms with Crippen LogP contribution in [0, 0.1) is 5.82 Å². The van der Waals surface area contributed by atoms with E-state index in [1.165, 1.54) is 30.5 Å². The van der Waals surface area contributed by atoms with Crippen LogP contribution in [0.15, 0.2) is 37.0 Å². The Morgan fingerprint density at radius 3 is 2.33 bits per heavy atom. The molecular formula is C10H12FNO2S. The number of sulfonamides is 1. The number of hydrogen-bond acceptors (Lipinski definition) is 2. The molecule has 15 heavy (non-hydrogen) atoms. The molecule has 5 heteroatoms. The third-order valence-electron chi connectivity index (χ3n) is 1.88. The van der Waals surface area contributed by atoms with Crippen LogP contribution in [-0.4, -0.2) is 19.0 Å². The van der Waals surface area contributed by atoms with Gasteiger partial charge in [0.1, 0.15) is 5.82 Å². The van der Waals surface area contributed by atoms with Crippen LogP contribution >= 0.6 is 0 Å². The van der Waals surface area contributed by atoms with E-state index in [1.807, 2.05) is 0 Å². The molecule has 0 unspecified atom stereocenters. The van der Waals surface area contributed by atoms with Crippen LogP contribution in [0.1, 0.15) is 5.56 Å². The molecule has 82 valence electrons. The van der Waals surface area contributed by atoms with Crippen molar-refractivity contribution in [2.24, 2.45) is 0 Å². The van der Waals surface area contributed by atoms with E-state index in [9.17, 15) is 12.8 Å². The van der Waals surface area contributed by atoms with E-state index < -0.39 is 10.0 Å². The molecule has 3 nitrogen and oxygen atoms in total. The molecule has 0 spiro atoms. The first-order valence-corrected chi connectivity index (χ1v) is 6.12. The van der Waals surface area contributed by atoms with Crippen molar-refractivity contribution in [3.05, 3.63) is 48.4 Å². The van der Waals surface area contributed by atoms with Crippen molar-refractivity contribution in [3.8, 4) is 0 Å². The first kappa shape index (κ1) is 11.7. The van der Waals surface area contributed by atoms with Gasteiger partial charge in [0.05, 0.1) is 12.8 Å². The van der Waals surface area contributed by atoms with Crippen LogP contribution in [-0.2, 0) is 16.6 Å². The molecule has 0 saturated heterocycles. The molecule has 0 N–H and O–H groups in total. The molecule has 1 rings (SSSR count). The van der Waals surface area contributed by atoms with Crippen LogP contribution < -0.4 is 0 Å². The first-order valence-electron chi connectivity index (χ1n) is 4.27. The van der Waals surface area contributed by atoms with Gasteiger partial charge < -0.3 is 0 Å². The Balaban J connectivity index is 2.85. The van der Waals surface area contributed by atoms with E-state index in [-0.39, 0.29) is 12.4 Å². The summed E-state index contributed by atoms with van der Waals surface area (Å²) in [5, 5.41) is 0. The Bertz CT molecular complexity index is 439. The van der Waals surface area contributed by atoms with Gasteiger partial charge in [-0.25, -0.2) is 12.8 Å². The molecule has 0 aliphatic carbocycles. The first-order chi connectivity index (χ1) is 6.93. The highest BCUT2D eigenvalue weighted by Crippen LogP contribution is 2.09. The smallest absolute Gasteiger partial charge is 0.232 e. The van der Waals surface area contributed by atoms with Crippen molar-refractivity contribution in [2.45, 2.75) is 6.54 Å². The highest BCUT2D eigenvalue weighted by atomic mass is 32.2. The van der Waals surface area contributed by atoms with E-state index in [4.69, 9.17) is 0 Å². The van der Waals surface area contributed by atoms with E-state index in [0.717, 1.165) is 10.6 Å². The zero-order valence-electron chi connectivity index (χ0n) is 8.35. The second kappa shape index (κ2) is 4.44. The van der Waals surface area contributed by atoms with Crippen LogP contribution in [0.5, 0.6) is 0 Å². The van der Waals surface area contributed by atoms with Gasteiger partial charge in [0.15, 0.2) is 0 Å². The fourth-order valence-electron chi connectivity index (χ4n) is 1.09. The summed E-state index contributed by atoms with van der Waals surface area (Å²) in [6.45, 7) is 3.58. The summed E-state index contributed by atoms with van der Waals surface area (Å²) in [6, 6.07) is 5.66. The molecule has 0 radical (unpaired) electrons. The maximum Gasteiger partial charge on any atom is 0.232 e. The maximum absolute atomic E-state index is 12.6. The summed E-state index contributed by atoms with van der Waals surface area (Å²) in [4.78, 5) is 0. The Labute approximate surface area is 88.9 Å². The van der Waals surface area contributed by atoms with Gasteiger partial charge in [0, 0.05) is 6.20 Å². The lowest BCUT2D eigenvalue weighted by Gasteiger charge is -2.17. The van der Waals surface area contributed by atoms with Crippen LogP contribution in [0.25, 0.3) is 0 Å². The molecule has 0 fully saturated rings. The molecule has 0 amide bonds. The van der Waals surface area contributed by atoms with Gasteiger partial charge in [-0.3, -0.25) is 4.31 Å². The van der Waals surface area contributed by atoms with Crippen LogP contribution in [0.2, 0.25) is 0 Å². The topological polar surface area (TPSA) is 37.4 Å². The van der Waals surface area contributed by atoms with Gasteiger partial charge in [0.2, 0.25) is 10.0 Å². The van der Waals surface area contributed by atoms with E-state index in [1.54, 1.807) is 0 Å². The standard InChI is InChI=1S/C10H12FNO2S/c1-3-12(15(2,13)14)8-9-4-6-10(11)7-5-9/h3-7H,1,8H2,2H3. The molecule has 1 aromatic rings. The summed E-state index contributed by atoms with van der Waals surface area (Å²) in [6.07, 6.45) is 2.33. The van der Waals surface area contributed by atoms with Crippen molar-refractivity contribution < 1.29 is 12.8 Å². The summed E-state index contributed by atoms with van der Waals surface area (Å²) >= 11 is 0. The zero-order chi connectivity index (χ0) is 11.5. The Hall–Kier alpha value is -1.36. The molecule has 0 aliphatic rings. The number of halogens is 1. The van der Waals surface area contributed by atoms with Gasteiger partial charge in [-0.2, -0.15) is 0 Å². The molecule has 0 aliphatic heterocycles. The lowest BCUT2D eigenvalue weighted by molar-refractivity contribution is 0.502. The van der Waals surface area contributed by atoms with Gasteiger partial charge in [-0.15, -0.1) is 0 Å². The van der Waals surface area contributed by atoms with E-state index >= 15 is 0 Å². The third-order valence-corrected chi connectivity index (χ3v) is 3.01. The minimum atomic E-state index is -3.30. The molecule has 0 heterocycles. The lowest BCUT2D eigenvalue weighted by atomic mass is 10.2. The molecular weight excluding hydrogens is 217 g/mol. The number of benzene rings is 1. The van der Waals surface area contributed by atoms with Gasteiger partial charge in [-0.05, 0) is 17.7 Å². The van der Waals surface area contributed by atoms with Gasteiger partial charge >= 0.3 is 0 Å². The van der Waals surface area contributed by atoms with Crippen molar-refractivity contribution in [1.29, 1.82) is 0 Å². The average Bonchev–Trinajstić information content (AvgIpc) is 2.15. The van der Waals surface area contributed by atoms with Gasteiger partial charge in [0.25, 0.3) is 0 Å². The zero-order valence-corrected chi connectivity index (χ0v) is 9.17. The second-order valence-corrected chi connectivity index (χ2v) is 5.05. The Morgan fingerprint density at radius 2 is 1.93 bits per heavy atom. The summed E-state index contributed by atoms with van der Waals surface area (Å²) < 4.78 is 36.1. The molecule has 0 bridgehead atoms. The second-order valence-electron chi connectivity index (χ2n) is 3.12. The third kappa shape index (κ3) is 3.36. The Kier molecular flexibility index (Phi) is 3.47. The fourth-order valence-corrected chi connectivity index (χ4v) is 1.74. The van der Waals surface area contributed by atoms with E-state index in [0.29, 0.717) is 5.56 Å². The van der Waals surface area contributed by atoms with E-state index in [2.05, 4.69) is 6.58 Å². The van der Waals surface area contributed by atoms with Crippen molar-refractivity contribution in [2.75, 3.05) is 6.26 Å². The highest BCUT2D eigenvalue weighted by Gasteiger charge is 2.11. The van der Waals surface area contributed by atoms with Crippen molar-refractivity contribution in [1.82, 2.24) is 4.31 Å². The quantitative estimate of drug-likeness (QED) is 0.788. The normalized spacial score (nSPS) is 11.1. The van der Waals surface area contributed by atoms with Crippen LogP contribution in [0.4, 0.5) is 4.39 Å². The minimum Gasteiger partial charge on any atom is -0.274 e. The lowest BCUT2D eigenvalue weighted by Crippen LogP contribution is -2.23. The average molecular weight is 229 g/mol. The molecule has 1 aromatic carbocycles. The monoisotopic (exact) mass is 229 g/mol. The largest absolute Gasteiger partial charge is 0.274 e. The summed E-state index contributed by atoms with van der Waals surface area (Å²) in [5.74, 6) is -0.344. The van der Waals surface area contributed by atoms with Crippen molar-refractivity contribution >= 4 is 10.0 Å². The summed E-state index contributed by atoms with van der Waals surface area (Å²) in [5.41, 5.74) is 0.710. The molecule has 0 atom stereocenters. The summed E-state index contributed by atoms with van der Waals surface area (Å²) in [7, 11) is -3.30. The number of nitrogens with zero attached hydrogens (tertiary/aromatic N) is 1. The Morgan fingerprint density at radius 1 is 1.40 bits per heavy atom. The predicted octanol–water partition coefficient (Wildman–Crippen LogP) is 1.73. The highest BCUT2D eigenvalue weighted by molar-refractivity contribution is 7.88. The minimum absolute atomic E-state index is 0.169. The predicted molar refractivity (Wildman–Crippen MR) is 57.0 cm³/mol. The van der Waals surface area contributed by atoms with Crippen molar-refractivity contribution in [3.63, 3.8) is 0 Å². The van der Waals surface area contributed by atoms with Crippen LogP contribution in [0.3, 0.4) is 0 Å². The molecule has 0 saturated carbocycles. The maximum atomic E-state index is 12.6. The molecule has 0 aromatic heterocycles. The number of rotatable bonds is 4. The number of hydrogen-bond donors (Lipinski definition) is 0.